The first kappa shape index (κ1) is 42.3. The molecule has 0 fully saturated rings. The SMILES string of the molecule is CC(=O)CC(=O)OC(C)C.CC(=O)CC(=O)OC(C)C.CC(=O)CC(=O)OC(C)C.CCO.[Ti]. The average molecular weight is 526 g/mol. The van der Waals surface area contributed by atoms with Crippen LogP contribution in [-0.4, -0.2) is 65.3 Å². The van der Waals surface area contributed by atoms with Crippen molar-refractivity contribution in [3.05, 3.63) is 0 Å². The van der Waals surface area contributed by atoms with Crippen LogP contribution in [0.3, 0.4) is 0 Å². The molecule has 34 heavy (non-hydrogen) atoms. The van der Waals surface area contributed by atoms with Crippen molar-refractivity contribution in [1.29, 1.82) is 0 Å². The Bertz CT molecular complexity index is 518. The van der Waals surface area contributed by atoms with Crippen molar-refractivity contribution in [3.63, 3.8) is 0 Å². The van der Waals surface area contributed by atoms with E-state index in [0.29, 0.717) is 0 Å². The maximum absolute atomic E-state index is 10.6. The summed E-state index contributed by atoms with van der Waals surface area (Å²) in [6, 6.07) is 0. The van der Waals surface area contributed by atoms with Gasteiger partial charge in [-0.1, -0.05) is 0 Å². The normalized spacial score (nSPS) is 9.00. The van der Waals surface area contributed by atoms with E-state index in [4.69, 9.17) is 19.3 Å². The minimum atomic E-state index is -0.442. The molecule has 0 radical (unpaired) electrons. The first-order chi connectivity index (χ1) is 15.0. The molecular formula is C23H42O10Ti. The number of hydrogen-bond donors (Lipinski definition) is 1. The van der Waals surface area contributed by atoms with E-state index in [2.05, 4.69) is 0 Å². The van der Waals surface area contributed by atoms with Crippen LogP contribution in [0.1, 0.15) is 88.5 Å². The molecule has 0 heterocycles. The van der Waals surface area contributed by atoms with Gasteiger partial charge in [-0.3, -0.25) is 28.8 Å². The number of ether oxygens (including phenoxy) is 3. The van der Waals surface area contributed by atoms with Gasteiger partial charge in [0, 0.05) is 28.3 Å². The second-order valence-electron chi connectivity index (χ2n) is 7.57. The molecule has 0 atom stereocenters. The molecule has 0 amide bonds. The summed E-state index contributed by atoms with van der Waals surface area (Å²) in [5.41, 5.74) is 0. The van der Waals surface area contributed by atoms with Crippen LogP contribution in [0.15, 0.2) is 0 Å². The zero-order chi connectivity index (χ0) is 27.1. The van der Waals surface area contributed by atoms with Crippen LogP contribution in [-0.2, 0) is 64.7 Å². The molecule has 0 aliphatic carbocycles. The Kier molecular flexibility index (Phi) is 34.0. The number of rotatable bonds is 9. The molecule has 0 rings (SSSR count). The Balaban J connectivity index is -0.000000115. The number of ketones is 3. The van der Waals surface area contributed by atoms with Gasteiger partial charge in [0.2, 0.25) is 0 Å². The molecule has 0 saturated heterocycles. The van der Waals surface area contributed by atoms with Crippen molar-refractivity contribution in [2.45, 2.75) is 107 Å². The van der Waals surface area contributed by atoms with Crippen molar-refractivity contribution < 1.29 is 69.8 Å². The first-order valence-electron chi connectivity index (χ1n) is 10.7. The van der Waals surface area contributed by atoms with Gasteiger partial charge in [-0.05, 0) is 69.2 Å². The summed E-state index contributed by atoms with van der Waals surface area (Å²) in [6.07, 6.45) is -0.736. The minimum absolute atomic E-state index is 0. The number of aliphatic hydroxyl groups excluding tert-OH is 1. The predicted octanol–water partition coefficient (Wildman–Crippen LogP) is 2.75. The van der Waals surface area contributed by atoms with E-state index in [9.17, 15) is 28.8 Å². The van der Waals surface area contributed by atoms with Crippen molar-refractivity contribution in [1.82, 2.24) is 0 Å². The third-order valence-electron chi connectivity index (χ3n) is 2.28. The summed E-state index contributed by atoms with van der Waals surface area (Å²) < 4.78 is 14.1. The number of hydrogen-bond acceptors (Lipinski definition) is 10. The summed E-state index contributed by atoms with van der Waals surface area (Å²) in [5.74, 6) is -1.81. The largest absolute Gasteiger partial charge is 0.463 e. The Hall–Kier alpha value is -1.91. The van der Waals surface area contributed by atoms with E-state index in [1.54, 1.807) is 48.5 Å². The fourth-order valence-corrected chi connectivity index (χ4v) is 1.52. The van der Waals surface area contributed by atoms with Crippen molar-refractivity contribution in [3.8, 4) is 0 Å². The average Bonchev–Trinajstić information content (AvgIpc) is 2.51. The molecule has 198 valence electrons. The zero-order valence-corrected chi connectivity index (χ0v) is 23.7. The van der Waals surface area contributed by atoms with Crippen LogP contribution in [0.4, 0.5) is 0 Å². The first-order valence-corrected chi connectivity index (χ1v) is 10.7. The fourth-order valence-electron chi connectivity index (χ4n) is 1.52. The Morgan fingerprint density at radius 3 is 0.794 bits per heavy atom. The minimum Gasteiger partial charge on any atom is -0.463 e. The van der Waals surface area contributed by atoms with Gasteiger partial charge in [-0.15, -0.1) is 0 Å². The molecule has 0 aliphatic heterocycles. The smallest absolute Gasteiger partial charge is 0.313 e. The van der Waals surface area contributed by atoms with Gasteiger partial charge in [0.15, 0.2) is 0 Å². The molecule has 0 aliphatic rings. The Morgan fingerprint density at radius 2 is 0.706 bits per heavy atom. The molecule has 0 spiro atoms. The molecule has 0 aromatic rings. The number of esters is 3. The van der Waals surface area contributed by atoms with Crippen molar-refractivity contribution >= 4 is 35.3 Å². The van der Waals surface area contributed by atoms with E-state index in [-0.39, 0.29) is 83.2 Å². The fraction of sp³-hybridized carbons (Fsp3) is 0.739. The van der Waals surface area contributed by atoms with Crippen molar-refractivity contribution in [2.24, 2.45) is 0 Å². The molecule has 11 heteroatoms. The van der Waals surface area contributed by atoms with E-state index in [1.807, 2.05) is 0 Å². The Morgan fingerprint density at radius 1 is 0.559 bits per heavy atom. The molecule has 0 saturated carbocycles. The standard InChI is InChI=1S/3C7H12O3.C2H6O.Ti/c3*1-5(2)10-7(9)4-6(3)8;1-2-3;/h3*5H,4H2,1-3H3;3H,2H2,1H3;. The van der Waals surface area contributed by atoms with Gasteiger partial charge in [0.05, 0.1) is 18.3 Å². The molecular weight excluding hydrogens is 484 g/mol. The van der Waals surface area contributed by atoms with Crippen molar-refractivity contribution in [2.75, 3.05) is 6.61 Å². The second kappa shape index (κ2) is 27.3. The summed E-state index contributed by atoms with van der Waals surface area (Å²) in [6.45, 7) is 16.5. The van der Waals surface area contributed by atoms with Crippen LogP contribution in [0.5, 0.6) is 0 Å². The van der Waals surface area contributed by atoms with Crippen LogP contribution in [0.2, 0.25) is 0 Å². The maximum atomic E-state index is 10.6. The molecule has 0 aromatic carbocycles. The third-order valence-corrected chi connectivity index (χ3v) is 2.28. The number of carbonyl (C=O) groups is 6. The number of carbonyl (C=O) groups excluding carboxylic acids is 6. The van der Waals surface area contributed by atoms with E-state index < -0.39 is 17.9 Å². The van der Waals surface area contributed by atoms with Gasteiger partial charge < -0.3 is 19.3 Å². The second-order valence-corrected chi connectivity index (χ2v) is 7.57. The Labute approximate surface area is 218 Å². The molecule has 1 N–H and O–H groups in total. The van der Waals surface area contributed by atoms with Gasteiger partial charge in [-0.2, -0.15) is 0 Å². The van der Waals surface area contributed by atoms with Gasteiger partial charge in [0.1, 0.15) is 36.6 Å². The van der Waals surface area contributed by atoms with Crippen LogP contribution in [0.25, 0.3) is 0 Å². The molecule has 0 bridgehead atoms. The molecule has 0 unspecified atom stereocenters. The molecule has 10 nitrogen and oxygen atoms in total. The summed E-state index contributed by atoms with van der Waals surface area (Å²) in [5, 5.41) is 7.57. The number of aliphatic hydroxyl groups is 1. The van der Waals surface area contributed by atoms with E-state index in [1.165, 1.54) is 20.8 Å². The van der Waals surface area contributed by atoms with E-state index in [0.717, 1.165) is 0 Å². The topological polar surface area (TPSA) is 150 Å². The summed E-state index contributed by atoms with van der Waals surface area (Å²) >= 11 is 0. The van der Waals surface area contributed by atoms with Gasteiger partial charge in [-0.25, -0.2) is 0 Å². The predicted molar refractivity (Wildman–Crippen MR) is 122 cm³/mol. The quantitative estimate of drug-likeness (QED) is 0.206. The maximum Gasteiger partial charge on any atom is 0.313 e. The van der Waals surface area contributed by atoms with Crippen LogP contribution < -0.4 is 0 Å². The van der Waals surface area contributed by atoms with E-state index >= 15 is 0 Å². The van der Waals surface area contributed by atoms with Crippen LogP contribution >= 0.6 is 0 Å². The number of Topliss-reactive ketones (excluding diaryl/α,β-unsaturated/α-hetero) is 3. The monoisotopic (exact) mass is 526 g/mol. The van der Waals surface area contributed by atoms with Gasteiger partial charge in [0.25, 0.3) is 0 Å². The van der Waals surface area contributed by atoms with Crippen LogP contribution in [0, 0.1) is 0 Å². The zero-order valence-electron chi connectivity index (χ0n) is 22.2. The molecule has 0 aromatic heterocycles. The summed E-state index contributed by atoms with van der Waals surface area (Å²) in [7, 11) is 0. The summed E-state index contributed by atoms with van der Waals surface area (Å²) in [4.78, 5) is 62.9. The van der Waals surface area contributed by atoms with Gasteiger partial charge >= 0.3 is 17.9 Å². The third kappa shape index (κ3) is 52.2.